The van der Waals surface area contributed by atoms with E-state index in [9.17, 15) is 4.79 Å². The molecule has 2 aliphatic heterocycles. The highest BCUT2D eigenvalue weighted by molar-refractivity contribution is 7.13. The first-order valence-electron chi connectivity index (χ1n) is 8.49. The Labute approximate surface area is 169 Å². The minimum atomic E-state index is -0.0655. The van der Waals surface area contributed by atoms with Gasteiger partial charge in [0.1, 0.15) is 9.88 Å². The number of nitrogens with zero attached hydrogens (tertiary/aromatic N) is 4. The van der Waals surface area contributed by atoms with E-state index < -0.39 is 0 Å². The van der Waals surface area contributed by atoms with Gasteiger partial charge in [0.25, 0.3) is 5.91 Å². The molecular formula is C16H24Cl2N6OS. The van der Waals surface area contributed by atoms with Crippen LogP contribution in [0.15, 0.2) is 12.3 Å². The Hall–Kier alpha value is -1.19. The maximum absolute atomic E-state index is 12.3. The minimum absolute atomic E-state index is 0. The SMILES string of the molecule is Cl.Cl.O=C(NCc1cc2n(n1)CCNC2)c1cnc(CN2CCCC2)s1. The van der Waals surface area contributed by atoms with Crippen LogP contribution in [0.4, 0.5) is 0 Å². The Morgan fingerprint density at radius 2 is 2.08 bits per heavy atom. The number of hydrogen-bond acceptors (Lipinski definition) is 6. The third-order valence-corrected chi connectivity index (χ3v) is 5.47. The summed E-state index contributed by atoms with van der Waals surface area (Å²) in [6.07, 6.45) is 4.22. The van der Waals surface area contributed by atoms with Crippen LogP contribution < -0.4 is 10.6 Å². The van der Waals surface area contributed by atoms with Crippen LogP contribution in [0, 0.1) is 0 Å². The van der Waals surface area contributed by atoms with Crippen LogP contribution in [-0.4, -0.2) is 45.2 Å². The molecule has 0 atom stereocenters. The van der Waals surface area contributed by atoms with Gasteiger partial charge in [-0.25, -0.2) is 4.98 Å². The van der Waals surface area contributed by atoms with Gasteiger partial charge in [0.2, 0.25) is 0 Å². The van der Waals surface area contributed by atoms with Crippen molar-refractivity contribution in [3.8, 4) is 0 Å². The molecule has 26 heavy (non-hydrogen) atoms. The molecule has 4 rings (SSSR count). The smallest absolute Gasteiger partial charge is 0.263 e. The maximum atomic E-state index is 12.3. The topological polar surface area (TPSA) is 75.1 Å². The number of rotatable bonds is 5. The van der Waals surface area contributed by atoms with Gasteiger partial charge in [-0.3, -0.25) is 14.4 Å². The van der Waals surface area contributed by atoms with E-state index in [0.29, 0.717) is 11.4 Å². The highest BCUT2D eigenvalue weighted by Gasteiger charge is 2.17. The van der Waals surface area contributed by atoms with Crippen LogP contribution in [0.2, 0.25) is 0 Å². The lowest BCUT2D eigenvalue weighted by atomic mass is 10.3. The number of carbonyl (C=O) groups is 1. The molecule has 0 aromatic carbocycles. The molecule has 2 aliphatic rings. The zero-order valence-corrected chi connectivity index (χ0v) is 16.9. The second-order valence-corrected chi connectivity index (χ2v) is 7.43. The van der Waals surface area contributed by atoms with Crippen LogP contribution >= 0.6 is 36.2 Å². The number of aromatic nitrogens is 3. The zero-order chi connectivity index (χ0) is 16.4. The van der Waals surface area contributed by atoms with Gasteiger partial charge in [-0.05, 0) is 32.0 Å². The average molecular weight is 419 g/mol. The van der Waals surface area contributed by atoms with E-state index in [1.165, 1.54) is 29.9 Å². The van der Waals surface area contributed by atoms with Crippen LogP contribution in [0.25, 0.3) is 0 Å². The third-order valence-electron chi connectivity index (χ3n) is 4.49. The lowest BCUT2D eigenvalue weighted by Gasteiger charge is -2.13. The first-order chi connectivity index (χ1) is 11.8. The fourth-order valence-corrected chi connectivity index (χ4v) is 4.09. The van der Waals surface area contributed by atoms with Crippen LogP contribution in [-0.2, 0) is 26.2 Å². The van der Waals surface area contributed by atoms with Crippen molar-refractivity contribution in [3.63, 3.8) is 0 Å². The van der Waals surface area contributed by atoms with Gasteiger partial charge in [-0.15, -0.1) is 36.2 Å². The third kappa shape index (κ3) is 4.95. The predicted octanol–water partition coefficient (Wildman–Crippen LogP) is 1.81. The molecule has 0 radical (unpaired) electrons. The van der Waals surface area contributed by atoms with Crippen molar-refractivity contribution < 1.29 is 4.79 Å². The normalized spacial score (nSPS) is 16.5. The van der Waals surface area contributed by atoms with Gasteiger partial charge < -0.3 is 10.6 Å². The van der Waals surface area contributed by atoms with Crippen molar-refractivity contribution in [1.29, 1.82) is 0 Å². The van der Waals surface area contributed by atoms with Crippen molar-refractivity contribution in [2.24, 2.45) is 0 Å². The summed E-state index contributed by atoms with van der Waals surface area (Å²) < 4.78 is 2.01. The average Bonchev–Trinajstić information content (AvgIpc) is 3.33. The number of likely N-dealkylation sites (tertiary alicyclic amines) is 1. The maximum Gasteiger partial charge on any atom is 0.263 e. The van der Waals surface area contributed by atoms with Crippen molar-refractivity contribution in [2.75, 3.05) is 19.6 Å². The molecule has 2 aromatic rings. The van der Waals surface area contributed by atoms with Gasteiger partial charge in [-0.1, -0.05) is 0 Å². The predicted molar refractivity (Wildman–Crippen MR) is 106 cm³/mol. The van der Waals surface area contributed by atoms with Crippen LogP contribution in [0.3, 0.4) is 0 Å². The number of thiazole rings is 1. The number of carbonyl (C=O) groups excluding carboxylic acids is 1. The summed E-state index contributed by atoms with van der Waals surface area (Å²) in [6.45, 7) is 6.27. The summed E-state index contributed by atoms with van der Waals surface area (Å²) in [5.41, 5.74) is 2.08. The van der Waals surface area contributed by atoms with E-state index in [0.717, 1.165) is 50.0 Å². The second-order valence-electron chi connectivity index (χ2n) is 6.31. The number of nitrogens with one attached hydrogen (secondary N) is 2. The van der Waals surface area contributed by atoms with Gasteiger partial charge in [0, 0.05) is 13.1 Å². The number of halogens is 2. The second kappa shape index (κ2) is 9.66. The molecule has 0 unspecified atom stereocenters. The summed E-state index contributed by atoms with van der Waals surface area (Å²) in [7, 11) is 0. The first kappa shape index (κ1) is 21.1. The summed E-state index contributed by atoms with van der Waals surface area (Å²) >= 11 is 1.49. The zero-order valence-electron chi connectivity index (χ0n) is 14.4. The molecule has 10 heteroatoms. The van der Waals surface area contributed by atoms with E-state index in [-0.39, 0.29) is 30.7 Å². The Balaban J connectivity index is 0.00000121. The standard InChI is InChI=1S/C16H22N6OS.2ClH/c23-16(14-10-18-15(24-14)11-21-4-1-2-5-21)19-8-12-7-13-9-17-3-6-22(13)20-12;;/h7,10,17H,1-6,8-9,11H2,(H,19,23);2*1H. The number of fused-ring (bicyclic) bond motifs is 1. The highest BCUT2D eigenvalue weighted by Crippen LogP contribution is 2.18. The molecule has 1 fully saturated rings. The van der Waals surface area contributed by atoms with E-state index in [4.69, 9.17) is 0 Å². The fraction of sp³-hybridized carbons (Fsp3) is 0.562. The molecule has 0 aliphatic carbocycles. The lowest BCUT2D eigenvalue weighted by molar-refractivity contribution is 0.0954. The Morgan fingerprint density at radius 1 is 1.27 bits per heavy atom. The van der Waals surface area contributed by atoms with Crippen molar-refractivity contribution in [1.82, 2.24) is 30.3 Å². The fourth-order valence-electron chi connectivity index (χ4n) is 3.22. The summed E-state index contributed by atoms with van der Waals surface area (Å²) in [4.78, 5) is 19.8. The van der Waals surface area contributed by atoms with E-state index in [2.05, 4.69) is 31.7 Å². The van der Waals surface area contributed by atoms with Gasteiger partial charge >= 0.3 is 0 Å². The lowest BCUT2D eigenvalue weighted by Crippen LogP contribution is -2.28. The van der Waals surface area contributed by atoms with Gasteiger partial charge in [0.05, 0.1) is 37.2 Å². The van der Waals surface area contributed by atoms with Crippen molar-refractivity contribution >= 4 is 42.1 Å². The Kier molecular flexibility index (Phi) is 7.85. The molecule has 2 aromatic heterocycles. The minimum Gasteiger partial charge on any atom is -0.346 e. The van der Waals surface area contributed by atoms with E-state index in [1.807, 2.05) is 4.68 Å². The van der Waals surface area contributed by atoms with Crippen LogP contribution in [0.5, 0.6) is 0 Å². The van der Waals surface area contributed by atoms with E-state index >= 15 is 0 Å². The molecule has 7 nitrogen and oxygen atoms in total. The molecule has 4 heterocycles. The monoisotopic (exact) mass is 418 g/mol. The van der Waals surface area contributed by atoms with Gasteiger partial charge in [0.15, 0.2) is 0 Å². The Bertz CT molecular complexity index is 705. The largest absolute Gasteiger partial charge is 0.346 e. The van der Waals surface area contributed by atoms with Crippen LogP contribution in [0.1, 0.15) is 38.9 Å². The molecule has 144 valence electrons. The molecule has 0 spiro atoms. The molecule has 0 bridgehead atoms. The van der Waals surface area contributed by atoms with Gasteiger partial charge in [-0.2, -0.15) is 5.10 Å². The number of hydrogen-bond donors (Lipinski definition) is 2. The highest BCUT2D eigenvalue weighted by atomic mass is 35.5. The first-order valence-corrected chi connectivity index (χ1v) is 9.31. The molecule has 1 amide bonds. The molecular weight excluding hydrogens is 395 g/mol. The quantitative estimate of drug-likeness (QED) is 0.774. The number of amides is 1. The molecule has 2 N–H and O–H groups in total. The molecule has 1 saturated heterocycles. The van der Waals surface area contributed by atoms with E-state index in [1.54, 1.807) is 6.20 Å². The Morgan fingerprint density at radius 3 is 2.85 bits per heavy atom. The summed E-state index contributed by atoms with van der Waals surface area (Å²) in [6, 6.07) is 2.05. The summed E-state index contributed by atoms with van der Waals surface area (Å²) in [5, 5.41) is 11.8. The summed E-state index contributed by atoms with van der Waals surface area (Å²) in [5.74, 6) is -0.0655. The van der Waals surface area contributed by atoms with Crippen molar-refractivity contribution in [3.05, 3.63) is 33.5 Å². The van der Waals surface area contributed by atoms with Crippen molar-refractivity contribution in [2.45, 2.75) is 39.0 Å². The molecule has 0 saturated carbocycles.